The Bertz CT molecular complexity index is 678. The van der Waals surface area contributed by atoms with E-state index in [9.17, 15) is 18.0 Å². The molecule has 1 heterocycles. The molecule has 0 unspecified atom stereocenters. The lowest BCUT2D eigenvalue weighted by Crippen LogP contribution is -2.17. The molecule has 2 aromatic rings. The van der Waals surface area contributed by atoms with Crippen LogP contribution >= 0.6 is 11.3 Å². The number of hydrogen-bond acceptors (Lipinski definition) is 3. The number of rotatable bonds is 3. The lowest BCUT2D eigenvalue weighted by Gasteiger charge is -2.22. The SMILES string of the molecule is O=C(Nc1ccccc1)c1sc(C2CCC2)nc1C(F)(F)F. The van der Waals surface area contributed by atoms with Crippen molar-refractivity contribution in [1.29, 1.82) is 0 Å². The molecule has 0 radical (unpaired) electrons. The third kappa shape index (κ3) is 2.99. The van der Waals surface area contributed by atoms with Gasteiger partial charge in [-0.1, -0.05) is 24.6 Å². The maximum absolute atomic E-state index is 13.1. The number of para-hydroxylation sites is 1. The van der Waals surface area contributed by atoms with Gasteiger partial charge in [-0.15, -0.1) is 11.3 Å². The minimum Gasteiger partial charge on any atom is -0.321 e. The molecule has 22 heavy (non-hydrogen) atoms. The molecule has 1 aromatic heterocycles. The van der Waals surface area contributed by atoms with Gasteiger partial charge in [0.25, 0.3) is 5.91 Å². The van der Waals surface area contributed by atoms with Gasteiger partial charge in [-0.3, -0.25) is 4.79 Å². The summed E-state index contributed by atoms with van der Waals surface area (Å²) < 4.78 is 39.3. The minimum absolute atomic E-state index is 0.0596. The molecule has 1 N–H and O–H groups in total. The number of thiazole rings is 1. The maximum atomic E-state index is 13.1. The Kier molecular flexibility index (Phi) is 3.90. The number of nitrogens with one attached hydrogen (secondary N) is 1. The number of carbonyl (C=O) groups excluding carboxylic acids is 1. The summed E-state index contributed by atoms with van der Waals surface area (Å²) in [4.78, 5) is 15.5. The number of carbonyl (C=O) groups is 1. The van der Waals surface area contributed by atoms with Gasteiger partial charge in [-0.2, -0.15) is 13.2 Å². The number of aromatic nitrogens is 1. The fourth-order valence-electron chi connectivity index (χ4n) is 2.22. The number of hydrogen-bond donors (Lipinski definition) is 1. The Balaban J connectivity index is 1.90. The summed E-state index contributed by atoms with van der Waals surface area (Å²) in [5, 5.41) is 2.90. The van der Waals surface area contributed by atoms with Crippen molar-refractivity contribution in [3.05, 3.63) is 45.9 Å². The molecule has 0 spiro atoms. The van der Waals surface area contributed by atoms with E-state index in [1.54, 1.807) is 30.3 Å². The van der Waals surface area contributed by atoms with Gasteiger partial charge in [0.15, 0.2) is 5.69 Å². The highest BCUT2D eigenvalue weighted by atomic mass is 32.1. The summed E-state index contributed by atoms with van der Waals surface area (Å²) >= 11 is 0.855. The molecule has 0 bridgehead atoms. The summed E-state index contributed by atoms with van der Waals surface area (Å²) in [6.45, 7) is 0. The molecule has 0 aliphatic heterocycles. The second-order valence-corrected chi connectivity index (χ2v) is 6.21. The van der Waals surface area contributed by atoms with Crippen LogP contribution in [0.15, 0.2) is 30.3 Å². The van der Waals surface area contributed by atoms with Crippen molar-refractivity contribution < 1.29 is 18.0 Å². The number of benzene rings is 1. The molecule has 1 amide bonds. The molecular weight excluding hydrogens is 313 g/mol. The molecule has 116 valence electrons. The van der Waals surface area contributed by atoms with Gasteiger partial charge < -0.3 is 5.32 Å². The highest BCUT2D eigenvalue weighted by molar-refractivity contribution is 7.14. The van der Waals surface area contributed by atoms with Crippen LogP contribution in [0.3, 0.4) is 0 Å². The highest BCUT2D eigenvalue weighted by Gasteiger charge is 2.40. The molecule has 0 atom stereocenters. The van der Waals surface area contributed by atoms with Crippen molar-refractivity contribution >= 4 is 22.9 Å². The minimum atomic E-state index is -4.62. The van der Waals surface area contributed by atoms with Gasteiger partial charge >= 0.3 is 6.18 Å². The summed E-state index contributed by atoms with van der Waals surface area (Å²) in [5.74, 6) is -0.703. The third-order valence-corrected chi connectivity index (χ3v) is 4.82. The smallest absolute Gasteiger partial charge is 0.321 e. The summed E-state index contributed by atoms with van der Waals surface area (Å²) in [6.07, 6.45) is -1.95. The van der Waals surface area contributed by atoms with Crippen molar-refractivity contribution in [3.8, 4) is 0 Å². The fourth-order valence-corrected chi connectivity index (χ4v) is 3.37. The lowest BCUT2D eigenvalue weighted by atomic mass is 9.86. The van der Waals surface area contributed by atoms with Gasteiger partial charge in [0, 0.05) is 11.6 Å². The summed E-state index contributed by atoms with van der Waals surface area (Å²) in [5.41, 5.74) is -0.618. The van der Waals surface area contributed by atoms with Gasteiger partial charge in [0.05, 0.1) is 5.01 Å². The van der Waals surface area contributed by atoms with Crippen LogP contribution in [0.2, 0.25) is 0 Å². The van der Waals surface area contributed by atoms with Crippen molar-refractivity contribution in [2.45, 2.75) is 31.4 Å². The molecule has 1 aliphatic rings. The molecule has 1 fully saturated rings. The lowest BCUT2D eigenvalue weighted by molar-refractivity contribution is -0.141. The average Bonchev–Trinajstić information content (AvgIpc) is 2.82. The van der Waals surface area contributed by atoms with E-state index in [0.717, 1.165) is 30.6 Å². The number of alkyl halides is 3. The van der Waals surface area contributed by atoms with Crippen LogP contribution in [0.1, 0.15) is 45.6 Å². The topological polar surface area (TPSA) is 42.0 Å². The Labute approximate surface area is 129 Å². The molecule has 1 aliphatic carbocycles. The summed E-state index contributed by atoms with van der Waals surface area (Å²) in [6, 6.07) is 8.41. The van der Waals surface area contributed by atoms with Crippen molar-refractivity contribution in [2.75, 3.05) is 5.32 Å². The van der Waals surface area contributed by atoms with E-state index in [2.05, 4.69) is 10.3 Å². The zero-order chi connectivity index (χ0) is 15.7. The second kappa shape index (κ2) is 5.72. The van der Waals surface area contributed by atoms with E-state index >= 15 is 0 Å². The first-order valence-electron chi connectivity index (χ1n) is 6.89. The van der Waals surface area contributed by atoms with E-state index in [1.165, 1.54) is 0 Å². The van der Waals surface area contributed by atoms with E-state index in [0.29, 0.717) is 10.7 Å². The van der Waals surface area contributed by atoms with E-state index in [1.807, 2.05) is 0 Å². The standard InChI is InChI=1S/C15H13F3N2OS/c16-15(17,18)12-11(22-14(20-12)9-5-4-6-9)13(21)19-10-7-2-1-3-8-10/h1-3,7-9H,4-6H2,(H,19,21). The van der Waals surface area contributed by atoms with Gasteiger partial charge in [-0.05, 0) is 25.0 Å². The largest absolute Gasteiger partial charge is 0.435 e. The van der Waals surface area contributed by atoms with Gasteiger partial charge in [0.1, 0.15) is 4.88 Å². The van der Waals surface area contributed by atoms with Crippen LogP contribution in [0, 0.1) is 0 Å². The third-order valence-electron chi connectivity index (χ3n) is 3.60. The molecule has 1 saturated carbocycles. The van der Waals surface area contributed by atoms with Crippen LogP contribution in [0.25, 0.3) is 0 Å². The molecule has 3 rings (SSSR count). The normalized spacial score (nSPS) is 15.4. The fraction of sp³-hybridized carbons (Fsp3) is 0.333. The average molecular weight is 326 g/mol. The Morgan fingerprint density at radius 2 is 1.91 bits per heavy atom. The van der Waals surface area contributed by atoms with E-state index in [4.69, 9.17) is 0 Å². The predicted molar refractivity (Wildman–Crippen MR) is 78.1 cm³/mol. The van der Waals surface area contributed by atoms with E-state index < -0.39 is 17.8 Å². The first-order valence-corrected chi connectivity index (χ1v) is 7.71. The Morgan fingerprint density at radius 3 is 2.45 bits per heavy atom. The molecule has 3 nitrogen and oxygen atoms in total. The Hall–Kier alpha value is -1.89. The quantitative estimate of drug-likeness (QED) is 0.889. The maximum Gasteiger partial charge on any atom is 0.435 e. The first kappa shape index (κ1) is 15.0. The number of nitrogens with zero attached hydrogens (tertiary/aromatic N) is 1. The van der Waals surface area contributed by atoms with Crippen LogP contribution in [-0.2, 0) is 6.18 Å². The van der Waals surface area contributed by atoms with Crippen molar-refractivity contribution in [1.82, 2.24) is 4.98 Å². The highest BCUT2D eigenvalue weighted by Crippen LogP contribution is 2.42. The van der Waals surface area contributed by atoms with Crippen LogP contribution in [-0.4, -0.2) is 10.9 Å². The zero-order valence-electron chi connectivity index (χ0n) is 11.5. The van der Waals surface area contributed by atoms with Crippen LogP contribution in [0.5, 0.6) is 0 Å². The van der Waals surface area contributed by atoms with E-state index in [-0.39, 0.29) is 10.8 Å². The number of amides is 1. The van der Waals surface area contributed by atoms with Crippen LogP contribution < -0.4 is 5.32 Å². The molecular formula is C15H13F3N2OS. The summed E-state index contributed by atoms with van der Waals surface area (Å²) in [7, 11) is 0. The number of halogens is 3. The van der Waals surface area contributed by atoms with Crippen molar-refractivity contribution in [2.24, 2.45) is 0 Å². The zero-order valence-corrected chi connectivity index (χ0v) is 12.3. The first-order chi connectivity index (χ1) is 10.4. The monoisotopic (exact) mass is 326 g/mol. The second-order valence-electron chi connectivity index (χ2n) is 5.18. The van der Waals surface area contributed by atoms with Gasteiger partial charge in [0.2, 0.25) is 0 Å². The van der Waals surface area contributed by atoms with Gasteiger partial charge in [-0.25, -0.2) is 4.98 Å². The molecule has 1 aromatic carbocycles. The van der Waals surface area contributed by atoms with Crippen molar-refractivity contribution in [3.63, 3.8) is 0 Å². The molecule has 7 heteroatoms. The number of anilines is 1. The predicted octanol–water partition coefficient (Wildman–Crippen LogP) is 4.68. The molecule has 0 saturated heterocycles. The van der Waals surface area contributed by atoms with Crippen LogP contribution in [0.4, 0.5) is 18.9 Å². The Morgan fingerprint density at radius 1 is 1.23 bits per heavy atom.